The van der Waals surface area contributed by atoms with E-state index in [-0.39, 0.29) is 6.04 Å². The van der Waals surface area contributed by atoms with Crippen molar-refractivity contribution in [2.45, 2.75) is 24.9 Å². The molecule has 8 rings (SSSR count). The molecule has 1 aliphatic rings. The fraction of sp³-hybridized carbons (Fsp3) is 0.111. The van der Waals surface area contributed by atoms with Gasteiger partial charge in [0.1, 0.15) is 0 Å². The summed E-state index contributed by atoms with van der Waals surface area (Å²) in [4.78, 5) is 0. The van der Waals surface area contributed by atoms with Crippen LogP contribution in [-0.2, 0) is 6.54 Å². The molecule has 0 spiro atoms. The summed E-state index contributed by atoms with van der Waals surface area (Å²) < 4.78 is 2.42. The van der Waals surface area contributed by atoms with Crippen LogP contribution >= 0.6 is 0 Å². The summed E-state index contributed by atoms with van der Waals surface area (Å²) in [6.45, 7) is 0.751. The molecule has 7 aromatic rings. The van der Waals surface area contributed by atoms with Crippen molar-refractivity contribution in [2.75, 3.05) is 7.05 Å². The van der Waals surface area contributed by atoms with Gasteiger partial charge in [-0.05, 0) is 76.2 Å². The number of allylic oxidation sites excluding steroid dienone is 4. The molecule has 234 valence electrons. The topological polar surface area (TPSA) is 29.0 Å². The van der Waals surface area contributed by atoms with Gasteiger partial charge in [0.25, 0.3) is 0 Å². The first-order chi connectivity index (χ1) is 23.8. The van der Waals surface area contributed by atoms with Crippen molar-refractivity contribution in [2.24, 2.45) is 0 Å². The lowest BCUT2D eigenvalue weighted by atomic mass is 9.88. The summed E-state index contributed by atoms with van der Waals surface area (Å²) in [5, 5.41) is 12.1. The molecular weight excluding hydrogens is 583 g/mol. The van der Waals surface area contributed by atoms with Crippen molar-refractivity contribution >= 4 is 38.2 Å². The van der Waals surface area contributed by atoms with Gasteiger partial charge in [-0.1, -0.05) is 133 Å². The lowest BCUT2D eigenvalue weighted by molar-refractivity contribution is 0.618. The molecule has 6 aromatic carbocycles. The minimum atomic E-state index is 0.0611. The maximum absolute atomic E-state index is 3.81. The normalized spacial score (nSPS) is 15.4. The third kappa shape index (κ3) is 5.74. The molecule has 0 saturated carbocycles. The molecule has 0 radical (unpaired) electrons. The van der Waals surface area contributed by atoms with E-state index in [9.17, 15) is 0 Å². The summed E-state index contributed by atoms with van der Waals surface area (Å²) in [5.74, 6) is 0.437. The first-order valence-electron chi connectivity index (χ1n) is 16.9. The number of nitrogens with one attached hydrogen (secondary N) is 2. The van der Waals surface area contributed by atoms with Gasteiger partial charge in [0.15, 0.2) is 0 Å². The van der Waals surface area contributed by atoms with E-state index in [1.54, 1.807) is 0 Å². The zero-order chi connectivity index (χ0) is 32.3. The molecule has 2 N–H and O–H groups in total. The van der Waals surface area contributed by atoms with Crippen LogP contribution in [0.1, 0.15) is 40.6 Å². The van der Waals surface area contributed by atoms with Crippen LogP contribution in [0.3, 0.4) is 0 Å². The monoisotopic (exact) mass is 621 g/mol. The number of nitrogens with zero attached hydrogens (tertiary/aromatic N) is 1. The second-order valence-electron chi connectivity index (χ2n) is 12.6. The largest absolute Gasteiger partial charge is 0.394 e. The number of hydrogen-bond acceptors (Lipinski definition) is 2. The molecule has 0 amide bonds. The molecule has 0 fully saturated rings. The Bertz CT molecular complexity index is 2310. The van der Waals surface area contributed by atoms with Gasteiger partial charge in [0.05, 0.1) is 17.1 Å². The lowest BCUT2D eigenvalue weighted by Gasteiger charge is -2.19. The van der Waals surface area contributed by atoms with Crippen LogP contribution in [0.2, 0.25) is 0 Å². The number of hydrogen-bond donors (Lipinski definition) is 2. The van der Waals surface area contributed by atoms with Gasteiger partial charge in [-0.25, -0.2) is 0 Å². The van der Waals surface area contributed by atoms with Crippen LogP contribution in [0.4, 0.5) is 0 Å². The fourth-order valence-electron chi connectivity index (χ4n) is 7.17. The highest BCUT2D eigenvalue weighted by atomic mass is 15.0. The van der Waals surface area contributed by atoms with Crippen molar-refractivity contribution in [1.82, 2.24) is 15.2 Å². The van der Waals surface area contributed by atoms with E-state index in [1.807, 2.05) is 13.2 Å². The van der Waals surface area contributed by atoms with Crippen molar-refractivity contribution < 1.29 is 0 Å². The molecule has 2 unspecified atom stereocenters. The molecule has 48 heavy (non-hydrogen) atoms. The summed E-state index contributed by atoms with van der Waals surface area (Å²) in [5.41, 5.74) is 10.1. The molecule has 1 heterocycles. The van der Waals surface area contributed by atoms with Crippen molar-refractivity contribution in [1.29, 1.82) is 0 Å². The van der Waals surface area contributed by atoms with Crippen molar-refractivity contribution in [3.63, 3.8) is 0 Å². The molecule has 1 aromatic heterocycles. The molecule has 3 heteroatoms. The van der Waals surface area contributed by atoms with Crippen LogP contribution in [-0.4, -0.2) is 11.6 Å². The molecule has 0 saturated heterocycles. The van der Waals surface area contributed by atoms with E-state index in [0.717, 1.165) is 13.0 Å². The van der Waals surface area contributed by atoms with E-state index in [2.05, 4.69) is 179 Å². The standard InChI is InChI=1S/C45H39N3/c1-46-29-28-43(38-14-9-13-37(30-38)35-22-20-34(21-23-35)33-10-3-2-4-11-33)47-31-32-18-25-39(26-19-32)48-44-17-8-7-16-41(44)42-27-24-36-12-5-6-15-40(36)45(42)48/h2-20,22-30,34,43,46-47H,21,31H2,1H3/b29-28-. The Morgan fingerprint density at radius 2 is 1.54 bits per heavy atom. The molecular formula is C45H39N3. The fourth-order valence-corrected chi connectivity index (χ4v) is 7.17. The van der Waals surface area contributed by atoms with Crippen molar-refractivity contribution in [3.05, 3.63) is 192 Å². The molecule has 0 aliphatic heterocycles. The Labute approximate surface area is 282 Å². The van der Waals surface area contributed by atoms with E-state index in [0.29, 0.717) is 5.92 Å². The maximum atomic E-state index is 3.81. The Balaban J connectivity index is 1.04. The number of rotatable bonds is 9. The highest BCUT2D eigenvalue weighted by molar-refractivity contribution is 6.18. The summed E-state index contributed by atoms with van der Waals surface area (Å²) in [6.07, 6.45) is 12.2. The quantitative estimate of drug-likeness (QED) is 0.168. The average molecular weight is 622 g/mol. The van der Waals surface area contributed by atoms with Gasteiger partial charge >= 0.3 is 0 Å². The van der Waals surface area contributed by atoms with Crippen LogP contribution in [0, 0.1) is 0 Å². The number of benzene rings is 6. The summed E-state index contributed by atoms with van der Waals surface area (Å²) >= 11 is 0. The lowest BCUT2D eigenvalue weighted by Crippen LogP contribution is -2.20. The second-order valence-corrected chi connectivity index (χ2v) is 12.6. The summed E-state index contributed by atoms with van der Waals surface area (Å²) in [6, 6.07) is 50.7. The Morgan fingerprint density at radius 3 is 2.35 bits per heavy atom. The van der Waals surface area contributed by atoms with Gasteiger partial charge in [-0.2, -0.15) is 0 Å². The minimum absolute atomic E-state index is 0.0611. The summed E-state index contributed by atoms with van der Waals surface area (Å²) in [7, 11) is 1.95. The average Bonchev–Trinajstić information content (AvgIpc) is 3.50. The van der Waals surface area contributed by atoms with E-state index in [4.69, 9.17) is 0 Å². The first-order valence-corrected chi connectivity index (χ1v) is 16.9. The zero-order valence-corrected chi connectivity index (χ0v) is 27.2. The first kappa shape index (κ1) is 29.7. The van der Waals surface area contributed by atoms with Crippen LogP contribution < -0.4 is 10.6 Å². The molecule has 1 aliphatic carbocycles. The van der Waals surface area contributed by atoms with Crippen molar-refractivity contribution in [3.8, 4) is 5.69 Å². The predicted molar refractivity (Wildman–Crippen MR) is 203 cm³/mol. The molecule has 2 atom stereocenters. The van der Waals surface area contributed by atoms with Gasteiger partial charge in [0, 0.05) is 41.4 Å². The molecule has 0 bridgehead atoms. The predicted octanol–water partition coefficient (Wildman–Crippen LogP) is 10.6. The van der Waals surface area contributed by atoms with Gasteiger partial charge in [-0.15, -0.1) is 0 Å². The smallest absolute Gasteiger partial charge is 0.0619 e. The third-order valence-corrected chi connectivity index (χ3v) is 9.64. The highest BCUT2D eigenvalue weighted by Gasteiger charge is 2.16. The Hall–Kier alpha value is -5.64. The van der Waals surface area contributed by atoms with Crippen LogP contribution in [0.15, 0.2) is 170 Å². The van der Waals surface area contributed by atoms with Crippen LogP contribution in [0.5, 0.6) is 0 Å². The van der Waals surface area contributed by atoms with Gasteiger partial charge in [0.2, 0.25) is 0 Å². The Morgan fingerprint density at radius 1 is 0.750 bits per heavy atom. The number of para-hydroxylation sites is 1. The van der Waals surface area contributed by atoms with E-state index >= 15 is 0 Å². The number of aromatic nitrogens is 1. The Kier molecular flexibility index (Phi) is 8.20. The minimum Gasteiger partial charge on any atom is -0.394 e. The second kappa shape index (κ2) is 13.2. The molecule has 3 nitrogen and oxygen atoms in total. The SMILES string of the molecule is CN/C=C\C(NCc1ccc(-n2c3ccccc3c3ccc4ccccc4c32)cc1)c1cccc(C2=CCC(c3ccccc3)C=C2)c1. The maximum Gasteiger partial charge on any atom is 0.0619 e. The highest BCUT2D eigenvalue weighted by Crippen LogP contribution is 2.37. The van der Waals surface area contributed by atoms with E-state index in [1.165, 1.54) is 66.1 Å². The third-order valence-electron chi connectivity index (χ3n) is 9.64. The van der Waals surface area contributed by atoms with Crippen LogP contribution in [0.25, 0.3) is 43.8 Å². The van der Waals surface area contributed by atoms with Gasteiger partial charge in [-0.3, -0.25) is 0 Å². The number of fused-ring (bicyclic) bond motifs is 5. The van der Waals surface area contributed by atoms with Gasteiger partial charge < -0.3 is 15.2 Å². The zero-order valence-electron chi connectivity index (χ0n) is 27.2. The van der Waals surface area contributed by atoms with E-state index < -0.39 is 0 Å².